The van der Waals surface area contributed by atoms with Crippen molar-refractivity contribution in [3.8, 4) is 0 Å². The Morgan fingerprint density at radius 3 is 2.11 bits per heavy atom. The molecule has 2 aliphatic heterocycles. The smallest absolute Gasteiger partial charge is 0.257 e. The second-order valence-electron chi connectivity index (χ2n) is 9.87. The molecule has 2 N–H and O–H groups in total. The van der Waals surface area contributed by atoms with Gasteiger partial charge in [-0.25, -0.2) is 8.42 Å². The van der Waals surface area contributed by atoms with Crippen LogP contribution in [0.4, 0.5) is 5.69 Å². The van der Waals surface area contributed by atoms with Crippen molar-refractivity contribution < 1.29 is 18.0 Å². The predicted octanol–water partition coefficient (Wildman–Crippen LogP) is 3.91. The highest BCUT2D eigenvalue weighted by atomic mass is 32.2. The maximum absolute atomic E-state index is 13.7. The first-order chi connectivity index (χ1) is 16.6. The maximum atomic E-state index is 13.7. The van der Waals surface area contributed by atoms with Gasteiger partial charge in [0.1, 0.15) is 4.90 Å². The molecule has 8 nitrogen and oxygen atoms in total. The van der Waals surface area contributed by atoms with Gasteiger partial charge in [-0.05, 0) is 70.9 Å². The van der Waals surface area contributed by atoms with Crippen LogP contribution in [0.2, 0.25) is 0 Å². The van der Waals surface area contributed by atoms with E-state index < -0.39 is 10.0 Å². The summed E-state index contributed by atoms with van der Waals surface area (Å²) in [4.78, 5) is 31.2. The Labute approximate surface area is 208 Å². The van der Waals surface area contributed by atoms with E-state index in [2.05, 4.69) is 10.3 Å². The van der Waals surface area contributed by atoms with E-state index in [-0.39, 0.29) is 41.3 Å². The number of amides is 2. The third kappa shape index (κ3) is 5.02. The predicted molar refractivity (Wildman–Crippen MR) is 136 cm³/mol. The van der Waals surface area contributed by atoms with E-state index in [4.69, 9.17) is 0 Å². The Hall–Kier alpha value is -2.65. The molecule has 4 rings (SSSR count). The molecule has 0 bridgehead atoms. The summed E-state index contributed by atoms with van der Waals surface area (Å²) in [5.41, 5.74) is 4.16. The number of carbonyl (C=O) groups excluding carboxylic acids is 2. The summed E-state index contributed by atoms with van der Waals surface area (Å²) in [6.07, 6.45) is 3.84. The highest BCUT2D eigenvalue weighted by Crippen LogP contribution is 2.32. The van der Waals surface area contributed by atoms with Crippen molar-refractivity contribution in [3.63, 3.8) is 0 Å². The van der Waals surface area contributed by atoms with Crippen molar-refractivity contribution in [2.75, 3.05) is 31.5 Å². The molecule has 190 valence electrons. The number of rotatable bonds is 5. The topological polar surface area (TPSA) is 103 Å². The van der Waals surface area contributed by atoms with Crippen LogP contribution < -0.4 is 5.32 Å². The molecule has 1 aromatic carbocycles. The quantitative estimate of drug-likeness (QED) is 0.650. The molecule has 2 aromatic rings. The van der Waals surface area contributed by atoms with Crippen LogP contribution in [-0.2, 0) is 14.8 Å². The van der Waals surface area contributed by atoms with E-state index in [1.165, 1.54) is 4.31 Å². The van der Waals surface area contributed by atoms with Gasteiger partial charge in [0.15, 0.2) is 0 Å². The number of carbonyl (C=O) groups is 2. The minimum absolute atomic E-state index is 0.0749. The standard InChI is InChI=1S/C26H36N4O4S/c1-17-9-8-10-18(2)23(17)28-25(31)21-11-15-30(16-12-21)35(33,34)24-20(4)27-19(3)22(24)26(32)29-13-6-5-7-14-29/h8-10,21,27H,5-7,11-16H2,1-4H3,(H,28,31). The average molecular weight is 501 g/mol. The Morgan fingerprint density at radius 1 is 0.914 bits per heavy atom. The van der Waals surface area contributed by atoms with E-state index in [9.17, 15) is 18.0 Å². The van der Waals surface area contributed by atoms with Crippen molar-refractivity contribution in [1.29, 1.82) is 0 Å². The molecule has 35 heavy (non-hydrogen) atoms. The average Bonchev–Trinajstić information content (AvgIpc) is 3.15. The number of para-hydroxylation sites is 1. The van der Waals surface area contributed by atoms with Gasteiger partial charge in [0.25, 0.3) is 5.91 Å². The van der Waals surface area contributed by atoms with E-state index in [0.29, 0.717) is 37.3 Å². The zero-order valence-corrected chi connectivity index (χ0v) is 21.9. The van der Waals surface area contributed by atoms with Crippen molar-refractivity contribution in [1.82, 2.24) is 14.2 Å². The molecule has 0 aliphatic carbocycles. The number of likely N-dealkylation sites (tertiary alicyclic amines) is 1. The maximum Gasteiger partial charge on any atom is 0.257 e. The lowest BCUT2D eigenvalue weighted by Gasteiger charge is -2.31. The normalized spacial score (nSPS) is 18.0. The fraction of sp³-hybridized carbons (Fsp3) is 0.538. The number of piperidine rings is 2. The first-order valence-electron chi connectivity index (χ1n) is 12.5. The van der Waals surface area contributed by atoms with Gasteiger partial charge in [-0.3, -0.25) is 9.59 Å². The largest absolute Gasteiger partial charge is 0.361 e. The number of aryl methyl sites for hydroxylation is 4. The van der Waals surface area contributed by atoms with E-state index >= 15 is 0 Å². The van der Waals surface area contributed by atoms with Gasteiger partial charge < -0.3 is 15.2 Å². The molecule has 0 atom stereocenters. The lowest BCUT2D eigenvalue weighted by molar-refractivity contribution is -0.120. The van der Waals surface area contributed by atoms with Gasteiger partial charge in [-0.2, -0.15) is 4.31 Å². The lowest BCUT2D eigenvalue weighted by Crippen LogP contribution is -2.42. The third-order valence-corrected chi connectivity index (χ3v) is 9.40. The Balaban J connectivity index is 1.49. The summed E-state index contributed by atoms with van der Waals surface area (Å²) in [5, 5.41) is 3.04. The second kappa shape index (κ2) is 10.1. The number of nitrogens with one attached hydrogen (secondary N) is 2. The number of nitrogens with zero attached hydrogens (tertiary/aromatic N) is 2. The van der Waals surface area contributed by atoms with Crippen molar-refractivity contribution in [3.05, 3.63) is 46.3 Å². The number of benzene rings is 1. The van der Waals surface area contributed by atoms with Crippen LogP contribution >= 0.6 is 0 Å². The van der Waals surface area contributed by atoms with Crippen LogP contribution in [0.1, 0.15) is 65.0 Å². The number of hydrogen-bond donors (Lipinski definition) is 2. The molecule has 2 amide bonds. The molecule has 0 saturated carbocycles. The van der Waals surface area contributed by atoms with Gasteiger partial charge in [-0.15, -0.1) is 0 Å². The van der Waals surface area contributed by atoms with Crippen LogP contribution in [0, 0.1) is 33.6 Å². The fourth-order valence-corrected chi connectivity index (χ4v) is 7.20. The number of sulfonamides is 1. The molecule has 2 fully saturated rings. The fourth-order valence-electron chi connectivity index (χ4n) is 5.32. The molecular formula is C26H36N4O4S. The van der Waals surface area contributed by atoms with E-state index in [1.807, 2.05) is 32.0 Å². The summed E-state index contributed by atoms with van der Waals surface area (Å²) in [6, 6.07) is 5.88. The number of H-pyrrole nitrogens is 1. The van der Waals surface area contributed by atoms with E-state index in [1.54, 1.807) is 18.7 Å². The minimum Gasteiger partial charge on any atom is -0.361 e. The summed E-state index contributed by atoms with van der Waals surface area (Å²) in [5.74, 6) is -0.550. The van der Waals surface area contributed by atoms with Crippen LogP contribution in [0.15, 0.2) is 23.1 Å². The van der Waals surface area contributed by atoms with Crippen LogP contribution in [0.5, 0.6) is 0 Å². The van der Waals surface area contributed by atoms with Crippen molar-refractivity contribution in [2.45, 2.75) is 64.7 Å². The summed E-state index contributed by atoms with van der Waals surface area (Å²) >= 11 is 0. The Morgan fingerprint density at radius 2 is 1.51 bits per heavy atom. The number of hydrogen-bond acceptors (Lipinski definition) is 4. The van der Waals surface area contributed by atoms with Crippen LogP contribution in [0.25, 0.3) is 0 Å². The molecule has 9 heteroatoms. The van der Waals surface area contributed by atoms with Crippen molar-refractivity contribution in [2.24, 2.45) is 5.92 Å². The van der Waals surface area contributed by atoms with Gasteiger partial charge in [0.05, 0.1) is 5.56 Å². The molecule has 2 saturated heterocycles. The van der Waals surface area contributed by atoms with Gasteiger partial charge in [0, 0.05) is 49.2 Å². The molecule has 2 aliphatic rings. The molecular weight excluding hydrogens is 464 g/mol. The zero-order valence-electron chi connectivity index (χ0n) is 21.1. The first-order valence-corrected chi connectivity index (χ1v) is 13.9. The monoisotopic (exact) mass is 500 g/mol. The van der Waals surface area contributed by atoms with Crippen LogP contribution in [-0.4, -0.2) is 60.6 Å². The highest BCUT2D eigenvalue weighted by molar-refractivity contribution is 7.89. The van der Waals surface area contributed by atoms with Crippen molar-refractivity contribution >= 4 is 27.5 Å². The summed E-state index contributed by atoms with van der Waals surface area (Å²) in [7, 11) is -3.88. The minimum atomic E-state index is -3.88. The molecule has 3 heterocycles. The third-order valence-electron chi connectivity index (χ3n) is 7.33. The Kier molecular flexibility index (Phi) is 7.38. The first kappa shape index (κ1) is 25.4. The summed E-state index contributed by atoms with van der Waals surface area (Å²) < 4.78 is 28.9. The zero-order chi connectivity index (χ0) is 25.3. The van der Waals surface area contributed by atoms with Gasteiger partial charge in [0.2, 0.25) is 15.9 Å². The highest BCUT2D eigenvalue weighted by Gasteiger charge is 2.38. The Bertz CT molecular complexity index is 1200. The molecule has 0 spiro atoms. The molecule has 1 aromatic heterocycles. The van der Waals surface area contributed by atoms with Gasteiger partial charge in [-0.1, -0.05) is 18.2 Å². The second-order valence-corrected chi connectivity index (χ2v) is 11.7. The SMILES string of the molecule is Cc1cccc(C)c1NC(=O)C1CCN(S(=O)(=O)c2c(C)[nH]c(C)c2C(=O)N2CCCCC2)CC1. The molecule has 0 unspecified atom stereocenters. The number of aromatic nitrogens is 1. The number of anilines is 1. The lowest BCUT2D eigenvalue weighted by atomic mass is 9.96. The molecule has 0 radical (unpaired) electrons. The van der Waals surface area contributed by atoms with E-state index in [0.717, 1.165) is 36.1 Å². The van der Waals surface area contributed by atoms with Crippen LogP contribution in [0.3, 0.4) is 0 Å². The number of aromatic amines is 1. The van der Waals surface area contributed by atoms with Gasteiger partial charge >= 0.3 is 0 Å². The summed E-state index contributed by atoms with van der Waals surface area (Å²) in [6.45, 7) is 9.18.